The molecule has 0 bridgehead atoms. The Morgan fingerprint density at radius 3 is 2.00 bits per heavy atom. The maximum atomic E-state index is 12.7. The van der Waals surface area contributed by atoms with E-state index in [0.29, 0.717) is 29.9 Å². The second-order valence-corrected chi connectivity index (χ2v) is 6.16. The Bertz CT molecular complexity index is 749. The highest BCUT2D eigenvalue weighted by Crippen LogP contribution is 2.19. The summed E-state index contributed by atoms with van der Waals surface area (Å²) in [4.78, 5) is 26.5. The summed E-state index contributed by atoms with van der Waals surface area (Å²) in [7, 11) is 3.24. The third-order valence-electron chi connectivity index (χ3n) is 4.53. The molecule has 2 amide bonds. The Hall–Kier alpha value is -2.70. The molecular formula is C20H22N2O4. The van der Waals surface area contributed by atoms with Crippen LogP contribution in [0.2, 0.25) is 0 Å². The van der Waals surface area contributed by atoms with E-state index in [9.17, 15) is 9.59 Å². The van der Waals surface area contributed by atoms with Gasteiger partial charge in [0.15, 0.2) is 0 Å². The molecule has 0 spiro atoms. The van der Waals surface area contributed by atoms with E-state index in [2.05, 4.69) is 5.32 Å². The van der Waals surface area contributed by atoms with E-state index in [1.165, 1.54) is 0 Å². The normalized spacial score (nSPS) is 19.4. The minimum absolute atomic E-state index is 0.0764. The van der Waals surface area contributed by atoms with Gasteiger partial charge in [-0.15, -0.1) is 0 Å². The van der Waals surface area contributed by atoms with Crippen LogP contribution in [0.5, 0.6) is 0 Å². The average Bonchev–Trinajstić information content (AvgIpc) is 3.12. The summed E-state index contributed by atoms with van der Waals surface area (Å²) < 4.78 is 10.7. The molecule has 0 saturated carbocycles. The fourth-order valence-corrected chi connectivity index (χ4v) is 3.03. The fraction of sp³-hybridized carbons (Fsp3) is 0.300. The molecule has 26 heavy (non-hydrogen) atoms. The number of anilines is 1. The van der Waals surface area contributed by atoms with E-state index >= 15 is 0 Å². The van der Waals surface area contributed by atoms with Crippen LogP contribution >= 0.6 is 0 Å². The minimum atomic E-state index is -0.185. The lowest BCUT2D eigenvalue weighted by molar-refractivity contribution is -0.00461. The molecule has 1 N–H and O–H groups in total. The summed E-state index contributed by atoms with van der Waals surface area (Å²) in [6, 6.07) is 15.9. The lowest BCUT2D eigenvalue weighted by Gasteiger charge is -2.16. The molecule has 6 heteroatoms. The van der Waals surface area contributed by atoms with Crippen molar-refractivity contribution in [3.8, 4) is 0 Å². The Kier molecular flexibility index (Phi) is 5.65. The number of carbonyl (C=O) groups is 2. The van der Waals surface area contributed by atoms with Gasteiger partial charge in [0.1, 0.15) is 12.2 Å². The second kappa shape index (κ2) is 8.12. The van der Waals surface area contributed by atoms with Crippen molar-refractivity contribution < 1.29 is 19.1 Å². The number of methoxy groups -OCH3 is 2. The van der Waals surface area contributed by atoms with Crippen molar-refractivity contribution in [2.24, 2.45) is 0 Å². The minimum Gasteiger partial charge on any atom is -0.377 e. The summed E-state index contributed by atoms with van der Waals surface area (Å²) in [5.41, 5.74) is 1.79. The van der Waals surface area contributed by atoms with Gasteiger partial charge in [-0.3, -0.25) is 9.59 Å². The molecule has 3 rings (SSSR count). The SMILES string of the molecule is CO[C@H]1CN(C(=O)c2ccc(NC(=O)c3ccccc3)cc2)C[C@H]1OC. The predicted octanol–water partition coefficient (Wildman–Crippen LogP) is 2.42. The number of amides is 2. The largest absolute Gasteiger partial charge is 0.377 e. The van der Waals surface area contributed by atoms with E-state index in [-0.39, 0.29) is 24.0 Å². The lowest BCUT2D eigenvalue weighted by atomic mass is 10.1. The Balaban J connectivity index is 1.64. The van der Waals surface area contributed by atoms with E-state index in [4.69, 9.17) is 9.47 Å². The Labute approximate surface area is 152 Å². The number of nitrogens with one attached hydrogen (secondary N) is 1. The highest BCUT2D eigenvalue weighted by Gasteiger charge is 2.35. The number of hydrogen-bond donors (Lipinski definition) is 1. The summed E-state index contributed by atoms with van der Waals surface area (Å²) in [5.74, 6) is -0.261. The Morgan fingerprint density at radius 1 is 0.885 bits per heavy atom. The molecule has 0 unspecified atom stereocenters. The molecule has 2 atom stereocenters. The average molecular weight is 354 g/mol. The molecule has 1 heterocycles. The van der Waals surface area contributed by atoms with Crippen LogP contribution in [0.1, 0.15) is 20.7 Å². The number of carbonyl (C=O) groups excluding carboxylic acids is 2. The van der Waals surface area contributed by atoms with Crippen molar-refractivity contribution in [1.82, 2.24) is 4.90 Å². The van der Waals surface area contributed by atoms with Crippen LogP contribution < -0.4 is 5.32 Å². The monoisotopic (exact) mass is 354 g/mol. The number of ether oxygens (including phenoxy) is 2. The first-order valence-corrected chi connectivity index (χ1v) is 8.43. The van der Waals surface area contributed by atoms with Gasteiger partial charge in [-0.25, -0.2) is 0 Å². The molecule has 1 aliphatic rings. The third kappa shape index (κ3) is 3.92. The molecule has 0 radical (unpaired) electrons. The zero-order valence-electron chi connectivity index (χ0n) is 14.8. The second-order valence-electron chi connectivity index (χ2n) is 6.16. The number of likely N-dealkylation sites (tertiary alicyclic amines) is 1. The molecule has 1 aliphatic heterocycles. The van der Waals surface area contributed by atoms with Crippen molar-refractivity contribution >= 4 is 17.5 Å². The summed E-state index contributed by atoms with van der Waals surface area (Å²) in [6.07, 6.45) is -0.234. The van der Waals surface area contributed by atoms with Gasteiger partial charge in [0, 0.05) is 44.1 Å². The topological polar surface area (TPSA) is 67.9 Å². The smallest absolute Gasteiger partial charge is 0.255 e. The van der Waals surface area contributed by atoms with Crippen molar-refractivity contribution in [3.63, 3.8) is 0 Å². The number of nitrogens with zero attached hydrogens (tertiary/aromatic N) is 1. The molecule has 6 nitrogen and oxygen atoms in total. The first-order chi connectivity index (χ1) is 12.6. The Morgan fingerprint density at radius 2 is 1.46 bits per heavy atom. The van der Waals surface area contributed by atoms with Gasteiger partial charge < -0.3 is 19.7 Å². The fourth-order valence-electron chi connectivity index (χ4n) is 3.03. The highest BCUT2D eigenvalue weighted by molar-refractivity contribution is 6.04. The molecule has 0 aliphatic carbocycles. The van der Waals surface area contributed by atoms with Gasteiger partial charge in [-0.2, -0.15) is 0 Å². The van der Waals surface area contributed by atoms with Gasteiger partial charge in [0.25, 0.3) is 11.8 Å². The van der Waals surface area contributed by atoms with E-state index in [1.807, 2.05) is 18.2 Å². The first-order valence-electron chi connectivity index (χ1n) is 8.43. The highest BCUT2D eigenvalue weighted by atomic mass is 16.5. The molecule has 1 fully saturated rings. The van der Waals surface area contributed by atoms with Crippen LogP contribution in [0.4, 0.5) is 5.69 Å². The molecule has 136 valence electrons. The van der Waals surface area contributed by atoms with Crippen LogP contribution in [0.15, 0.2) is 54.6 Å². The molecular weight excluding hydrogens is 332 g/mol. The maximum absolute atomic E-state index is 12.7. The van der Waals surface area contributed by atoms with Crippen LogP contribution in [0, 0.1) is 0 Å². The van der Waals surface area contributed by atoms with Gasteiger partial charge in [0.05, 0.1) is 0 Å². The number of benzene rings is 2. The van der Waals surface area contributed by atoms with Crippen molar-refractivity contribution in [2.75, 3.05) is 32.6 Å². The first kappa shape index (κ1) is 18.1. The number of rotatable bonds is 5. The molecule has 1 saturated heterocycles. The number of hydrogen-bond acceptors (Lipinski definition) is 4. The molecule has 2 aromatic carbocycles. The van der Waals surface area contributed by atoms with Gasteiger partial charge >= 0.3 is 0 Å². The predicted molar refractivity (Wildman–Crippen MR) is 98.3 cm³/mol. The van der Waals surface area contributed by atoms with E-state index < -0.39 is 0 Å². The third-order valence-corrected chi connectivity index (χ3v) is 4.53. The van der Waals surface area contributed by atoms with Crippen molar-refractivity contribution in [1.29, 1.82) is 0 Å². The van der Waals surface area contributed by atoms with Crippen molar-refractivity contribution in [3.05, 3.63) is 65.7 Å². The van der Waals surface area contributed by atoms with Gasteiger partial charge in [-0.05, 0) is 36.4 Å². The quantitative estimate of drug-likeness (QED) is 0.895. The van der Waals surface area contributed by atoms with Crippen LogP contribution in [-0.4, -0.2) is 56.2 Å². The zero-order valence-corrected chi connectivity index (χ0v) is 14.8. The van der Waals surface area contributed by atoms with Crippen LogP contribution in [0.25, 0.3) is 0 Å². The van der Waals surface area contributed by atoms with Crippen LogP contribution in [0.3, 0.4) is 0 Å². The zero-order chi connectivity index (χ0) is 18.5. The maximum Gasteiger partial charge on any atom is 0.255 e. The van der Waals surface area contributed by atoms with Crippen LogP contribution in [-0.2, 0) is 9.47 Å². The molecule has 0 aromatic heterocycles. The van der Waals surface area contributed by atoms with Gasteiger partial charge in [0.2, 0.25) is 0 Å². The van der Waals surface area contributed by atoms with E-state index in [0.717, 1.165) is 0 Å². The van der Waals surface area contributed by atoms with E-state index in [1.54, 1.807) is 55.5 Å². The molecule has 2 aromatic rings. The van der Waals surface area contributed by atoms with Crippen molar-refractivity contribution in [2.45, 2.75) is 12.2 Å². The van der Waals surface area contributed by atoms with Gasteiger partial charge in [-0.1, -0.05) is 18.2 Å². The standard InChI is InChI=1S/C20H22N2O4/c1-25-17-12-22(13-18(17)26-2)20(24)15-8-10-16(11-9-15)21-19(23)14-6-4-3-5-7-14/h3-11,17-18H,12-13H2,1-2H3,(H,21,23)/t17-,18+. The summed E-state index contributed by atoms with van der Waals surface area (Å²) in [5, 5.41) is 2.82. The summed E-state index contributed by atoms with van der Waals surface area (Å²) in [6.45, 7) is 1.00. The summed E-state index contributed by atoms with van der Waals surface area (Å²) >= 11 is 0. The lowest BCUT2D eigenvalue weighted by Crippen LogP contribution is -2.30.